The summed E-state index contributed by atoms with van der Waals surface area (Å²) in [5, 5.41) is 3.26. The van der Waals surface area contributed by atoms with Crippen LogP contribution in [0, 0.1) is 0 Å². The van der Waals surface area contributed by atoms with Crippen LogP contribution in [-0.2, 0) is 24.2 Å². The fourth-order valence-electron chi connectivity index (χ4n) is 2.84. The minimum atomic E-state index is -3.71. The zero-order valence-electron chi connectivity index (χ0n) is 15.9. The summed E-state index contributed by atoms with van der Waals surface area (Å²) in [5.41, 5.74) is 0. The number of amides is 2. The average molecular weight is 432 g/mol. The maximum Gasteiger partial charge on any atom is 0.238 e. The number of sulfone groups is 1. The van der Waals surface area contributed by atoms with E-state index in [2.05, 4.69) is 5.32 Å². The number of hydrogen-bond acceptors (Lipinski definition) is 6. The molecule has 10 heteroatoms. The quantitative estimate of drug-likeness (QED) is 0.569. The highest BCUT2D eigenvalue weighted by atomic mass is 35.5. The molecule has 1 aliphatic rings. The van der Waals surface area contributed by atoms with Gasteiger partial charge in [0.05, 0.1) is 11.4 Å². The molecular formula is C18H26ClN3O5S. The van der Waals surface area contributed by atoms with E-state index < -0.39 is 21.5 Å². The van der Waals surface area contributed by atoms with Crippen molar-refractivity contribution in [2.24, 2.45) is 0 Å². The van der Waals surface area contributed by atoms with E-state index in [4.69, 9.17) is 16.3 Å². The van der Waals surface area contributed by atoms with Crippen molar-refractivity contribution in [3.05, 3.63) is 29.3 Å². The number of hydrogen-bond donors (Lipinski definition) is 1. The number of carbonyl (C=O) groups is 2. The fraction of sp³-hybridized carbons (Fsp3) is 0.556. The maximum absolute atomic E-state index is 12.4. The van der Waals surface area contributed by atoms with Gasteiger partial charge in [0.15, 0.2) is 9.84 Å². The SMILES string of the molecule is COCCCNC(=O)CN1CCN(C(=O)CS(=O)(=O)c2ccc(Cl)cc2)CC1. The smallest absolute Gasteiger partial charge is 0.238 e. The van der Waals surface area contributed by atoms with E-state index in [9.17, 15) is 18.0 Å². The minimum Gasteiger partial charge on any atom is -0.385 e. The maximum atomic E-state index is 12.4. The highest BCUT2D eigenvalue weighted by molar-refractivity contribution is 7.92. The average Bonchev–Trinajstić information content (AvgIpc) is 2.66. The summed E-state index contributed by atoms with van der Waals surface area (Å²) in [6.45, 7) is 3.26. The first-order valence-electron chi connectivity index (χ1n) is 9.06. The van der Waals surface area contributed by atoms with Crippen molar-refractivity contribution in [1.29, 1.82) is 0 Å². The summed E-state index contributed by atoms with van der Waals surface area (Å²) in [6, 6.07) is 5.76. The molecule has 0 aliphatic carbocycles. The molecule has 1 N–H and O–H groups in total. The zero-order chi connectivity index (χ0) is 20.6. The molecule has 156 valence electrons. The second-order valence-corrected chi connectivity index (χ2v) is 8.99. The Bertz CT molecular complexity index is 762. The first-order chi connectivity index (χ1) is 13.3. The van der Waals surface area contributed by atoms with Gasteiger partial charge in [-0.3, -0.25) is 14.5 Å². The number of halogens is 1. The Labute approximate surface area is 170 Å². The summed E-state index contributed by atoms with van der Waals surface area (Å²) in [5.74, 6) is -1.07. The van der Waals surface area contributed by atoms with Gasteiger partial charge in [-0.05, 0) is 30.7 Å². The van der Waals surface area contributed by atoms with Crippen molar-refractivity contribution in [1.82, 2.24) is 15.1 Å². The van der Waals surface area contributed by atoms with Gasteiger partial charge in [-0.1, -0.05) is 11.6 Å². The number of piperazine rings is 1. The minimum absolute atomic E-state index is 0.0683. The van der Waals surface area contributed by atoms with Crippen LogP contribution in [0.25, 0.3) is 0 Å². The largest absolute Gasteiger partial charge is 0.385 e. The van der Waals surface area contributed by atoms with E-state index in [-0.39, 0.29) is 17.3 Å². The Balaban J connectivity index is 1.77. The lowest BCUT2D eigenvalue weighted by molar-refractivity contribution is -0.130. The molecule has 1 fully saturated rings. The summed E-state index contributed by atoms with van der Waals surface area (Å²) in [4.78, 5) is 27.8. The van der Waals surface area contributed by atoms with E-state index in [0.29, 0.717) is 44.4 Å². The number of nitrogens with one attached hydrogen (secondary N) is 1. The van der Waals surface area contributed by atoms with Crippen molar-refractivity contribution >= 4 is 33.3 Å². The summed E-state index contributed by atoms with van der Waals surface area (Å²) < 4.78 is 29.7. The molecule has 1 aromatic carbocycles. The standard InChI is InChI=1S/C18H26ClN3O5S/c1-27-12-2-7-20-17(23)13-21-8-10-22(11-9-21)18(24)14-28(25,26)16-5-3-15(19)4-6-16/h3-6H,2,7-14H2,1H3,(H,20,23). The topological polar surface area (TPSA) is 96.0 Å². The highest BCUT2D eigenvalue weighted by Gasteiger charge is 2.27. The van der Waals surface area contributed by atoms with Crippen LogP contribution in [0.15, 0.2) is 29.2 Å². The Kier molecular flexibility index (Phi) is 8.68. The van der Waals surface area contributed by atoms with Crippen LogP contribution in [0.2, 0.25) is 5.02 Å². The molecule has 1 aliphatic heterocycles. The Hall–Kier alpha value is -1.68. The molecule has 1 saturated heterocycles. The van der Waals surface area contributed by atoms with Gasteiger partial charge in [0.25, 0.3) is 0 Å². The Morgan fingerprint density at radius 3 is 2.39 bits per heavy atom. The number of rotatable bonds is 9. The Morgan fingerprint density at radius 2 is 1.79 bits per heavy atom. The molecule has 0 aromatic heterocycles. The van der Waals surface area contributed by atoms with Gasteiger partial charge in [0, 0.05) is 51.5 Å². The van der Waals surface area contributed by atoms with Crippen molar-refractivity contribution in [3.8, 4) is 0 Å². The molecule has 1 aromatic rings. The van der Waals surface area contributed by atoms with E-state index in [0.717, 1.165) is 6.42 Å². The third kappa shape index (κ3) is 7.05. The zero-order valence-corrected chi connectivity index (χ0v) is 17.5. The number of nitrogens with zero attached hydrogens (tertiary/aromatic N) is 2. The predicted octanol–water partition coefficient (Wildman–Crippen LogP) is 0.411. The number of ether oxygens (including phenoxy) is 1. The molecule has 0 radical (unpaired) electrons. The molecule has 8 nitrogen and oxygen atoms in total. The van der Waals surface area contributed by atoms with Gasteiger partial charge in [-0.2, -0.15) is 0 Å². The van der Waals surface area contributed by atoms with Gasteiger partial charge in [0.2, 0.25) is 11.8 Å². The lowest BCUT2D eigenvalue weighted by atomic mass is 10.3. The third-order valence-corrected chi connectivity index (χ3v) is 6.30. The monoisotopic (exact) mass is 431 g/mol. The predicted molar refractivity (Wildman–Crippen MR) is 106 cm³/mol. The van der Waals surface area contributed by atoms with Crippen molar-refractivity contribution in [2.45, 2.75) is 11.3 Å². The number of benzene rings is 1. The van der Waals surface area contributed by atoms with Crippen molar-refractivity contribution < 1.29 is 22.7 Å². The molecule has 0 spiro atoms. The van der Waals surface area contributed by atoms with Crippen LogP contribution >= 0.6 is 11.6 Å². The van der Waals surface area contributed by atoms with Gasteiger partial charge < -0.3 is 15.0 Å². The molecule has 0 bridgehead atoms. The van der Waals surface area contributed by atoms with Crippen LogP contribution < -0.4 is 5.32 Å². The summed E-state index contributed by atoms with van der Waals surface area (Å²) in [7, 11) is -2.10. The molecule has 0 unspecified atom stereocenters. The molecule has 2 rings (SSSR count). The molecule has 1 heterocycles. The Morgan fingerprint density at radius 1 is 1.14 bits per heavy atom. The first-order valence-corrected chi connectivity index (χ1v) is 11.1. The van der Waals surface area contributed by atoms with Gasteiger partial charge >= 0.3 is 0 Å². The lowest BCUT2D eigenvalue weighted by Crippen LogP contribution is -2.52. The van der Waals surface area contributed by atoms with E-state index >= 15 is 0 Å². The van der Waals surface area contributed by atoms with Gasteiger partial charge in [0.1, 0.15) is 5.75 Å². The number of methoxy groups -OCH3 is 1. The third-order valence-electron chi connectivity index (χ3n) is 4.43. The van der Waals surface area contributed by atoms with Crippen LogP contribution in [-0.4, -0.2) is 88.8 Å². The van der Waals surface area contributed by atoms with Crippen LogP contribution in [0.3, 0.4) is 0 Å². The van der Waals surface area contributed by atoms with Gasteiger partial charge in [-0.25, -0.2) is 8.42 Å². The lowest BCUT2D eigenvalue weighted by Gasteiger charge is -2.34. The van der Waals surface area contributed by atoms with Crippen molar-refractivity contribution in [2.75, 3.05) is 58.7 Å². The van der Waals surface area contributed by atoms with Crippen LogP contribution in [0.1, 0.15) is 6.42 Å². The summed E-state index contributed by atoms with van der Waals surface area (Å²) >= 11 is 5.77. The second kappa shape index (κ2) is 10.8. The number of carbonyl (C=O) groups excluding carboxylic acids is 2. The molecule has 2 amide bonds. The van der Waals surface area contributed by atoms with Crippen molar-refractivity contribution in [3.63, 3.8) is 0 Å². The fourth-order valence-corrected chi connectivity index (χ4v) is 4.19. The summed E-state index contributed by atoms with van der Waals surface area (Å²) in [6.07, 6.45) is 0.757. The van der Waals surface area contributed by atoms with Crippen LogP contribution in [0.5, 0.6) is 0 Å². The van der Waals surface area contributed by atoms with E-state index in [1.807, 2.05) is 4.90 Å². The van der Waals surface area contributed by atoms with E-state index in [1.165, 1.54) is 29.2 Å². The molecular weight excluding hydrogens is 406 g/mol. The molecule has 0 saturated carbocycles. The van der Waals surface area contributed by atoms with Crippen LogP contribution in [0.4, 0.5) is 0 Å². The molecule has 0 atom stereocenters. The normalized spacial score (nSPS) is 15.4. The second-order valence-electron chi connectivity index (χ2n) is 6.57. The first kappa shape index (κ1) is 22.6. The molecule has 28 heavy (non-hydrogen) atoms. The highest BCUT2D eigenvalue weighted by Crippen LogP contribution is 2.16. The van der Waals surface area contributed by atoms with Gasteiger partial charge in [-0.15, -0.1) is 0 Å². The van der Waals surface area contributed by atoms with E-state index in [1.54, 1.807) is 7.11 Å².